The molecule has 0 aliphatic heterocycles. The van der Waals surface area contributed by atoms with Crippen LogP contribution in [0.25, 0.3) is 0 Å². The van der Waals surface area contributed by atoms with Crippen molar-refractivity contribution in [3.05, 3.63) is 29.3 Å². The molecule has 2 heteroatoms. The van der Waals surface area contributed by atoms with Crippen LogP contribution in [0.3, 0.4) is 0 Å². The van der Waals surface area contributed by atoms with Gasteiger partial charge in [-0.05, 0) is 31.4 Å². The van der Waals surface area contributed by atoms with Gasteiger partial charge in [-0.3, -0.25) is 0 Å². The van der Waals surface area contributed by atoms with Crippen LogP contribution in [-0.2, 0) is 0 Å². The van der Waals surface area contributed by atoms with Gasteiger partial charge < -0.3 is 4.74 Å². The summed E-state index contributed by atoms with van der Waals surface area (Å²) in [4.78, 5) is 0. The van der Waals surface area contributed by atoms with E-state index in [2.05, 4.69) is 25.1 Å². The van der Waals surface area contributed by atoms with Gasteiger partial charge in [0, 0.05) is 11.3 Å². The van der Waals surface area contributed by atoms with Crippen molar-refractivity contribution in [2.75, 3.05) is 7.11 Å². The number of methoxy groups -OCH3 is 1. The van der Waals surface area contributed by atoms with Gasteiger partial charge in [0.15, 0.2) is 0 Å². The summed E-state index contributed by atoms with van der Waals surface area (Å²) in [6.45, 7) is 2.13. The predicted molar refractivity (Wildman–Crippen MR) is 73.2 cm³/mol. The molecule has 1 aromatic rings. The second-order valence-electron chi connectivity index (χ2n) is 5.01. The Kier molecular flexibility index (Phi) is 4.33. The first-order valence-electron chi connectivity index (χ1n) is 6.51. The minimum atomic E-state index is 0.258. The van der Waals surface area contributed by atoms with Gasteiger partial charge >= 0.3 is 0 Å². The molecule has 1 aliphatic rings. The third-order valence-electron chi connectivity index (χ3n) is 3.72. The summed E-state index contributed by atoms with van der Waals surface area (Å²) < 4.78 is 5.48. The summed E-state index contributed by atoms with van der Waals surface area (Å²) in [5.74, 6) is 1.45. The zero-order chi connectivity index (χ0) is 12.3. The number of halogens is 1. The highest BCUT2D eigenvalue weighted by Crippen LogP contribution is 2.39. The van der Waals surface area contributed by atoms with E-state index in [9.17, 15) is 0 Å². The van der Waals surface area contributed by atoms with Crippen molar-refractivity contribution in [1.29, 1.82) is 0 Å². The van der Waals surface area contributed by atoms with E-state index in [0.717, 1.165) is 12.2 Å². The Morgan fingerprint density at radius 1 is 1.18 bits per heavy atom. The lowest BCUT2D eigenvalue weighted by atomic mass is 9.89. The molecule has 0 saturated heterocycles. The van der Waals surface area contributed by atoms with Crippen LogP contribution in [0.1, 0.15) is 49.1 Å². The molecule has 17 heavy (non-hydrogen) atoms. The molecule has 0 N–H and O–H groups in total. The van der Waals surface area contributed by atoms with E-state index in [1.165, 1.54) is 36.8 Å². The van der Waals surface area contributed by atoms with E-state index in [1.807, 2.05) is 0 Å². The average molecular weight is 253 g/mol. The summed E-state index contributed by atoms with van der Waals surface area (Å²) in [5, 5.41) is 0.258. The molecule has 0 bridgehead atoms. The van der Waals surface area contributed by atoms with Crippen LogP contribution in [0.2, 0.25) is 0 Å². The van der Waals surface area contributed by atoms with Crippen molar-refractivity contribution >= 4 is 11.6 Å². The fraction of sp³-hybridized carbons (Fsp3) is 0.600. The Morgan fingerprint density at radius 3 is 2.71 bits per heavy atom. The van der Waals surface area contributed by atoms with Crippen LogP contribution < -0.4 is 4.74 Å². The van der Waals surface area contributed by atoms with Crippen molar-refractivity contribution in [3.8, 4) is 5.75 Å². The lowest BCUT2D eigenvalue weighted by Crippen LogP contribution is -2.12. The normalized spacial score (nSPS) is 25.4. The number of alkyl halides is 1. The number of hydrogen-bond donors (Lipinski definition) is 0. The maximum atomic E-state index is 6.55. The first kappa shape index (κ1) is 12.8. The minimum absolute atomic E-state index is 0.258. The first-order valence-corrected chi connectivity index (χ1v) is 6.94. The van der Waals surface area contributed by atoms with Gasteiger partial charge in [0.05, 0.1) is 7.11 Å². The quantitative estimate of drug-likeness (QED) is 0.550. The highest BCUT2D eigenvalue weighted by atomic mass is 35.5. The Hall–Kier alpha value is -0.690. The summed E-state index contributed by atoms with van der Waals surface area (Å²) in [6, 6.07) is 6.41. The molecule has 2 atom stereocenters. The third kappa shape index (κ3) is 2.95. The van der Waals surface area contributed by atoms with Gasteiger partial charge in [-0.1, -0.05) is 37.0 Å². The molecule has 0 spiro atoms. The lowest BCUT2D eigenvalue weighted by Gasteiger charge is -2.22. The molecular formula is C15H21ClO. The number of hydrogen-bond acceptors (Lipinski definition) is 1. The van der Waals surface area contributed by atoms with Crippen molar-refractivity contribution in [3.63, 3.8) is 0 Å². The average Bonchev–Trinajstić information content (AvgIpc) is 2.54. The van der Waals surface area contributed by atoms with Crippen molar-refractivity contribution in [1.82, 2.24) is 0 Å². The fourth-order valence-corrected chi connectivity index (χ4v) is 3.17. The Balaban J connectivity index is 2.32. The number of ether oxygens (including phenoxy) is 1. The summed E-state index contributed by atoms with van der Waals surface area (Å²) in [5.41, 5.74) is 2.59. The van der Waals surface area contributed by atoms with Gasteiger partial charge in [-0.25, -0.2) is 0 Å². The molecule has 0 radical (unpaired) electrons. The van der Waals surface area contributed by atoms with E-state index in [-0.39, 0.29) is 5.38 Å². The molecule has 1 saturated carbocycles. The fourth-order valence-electron chi connectivity index (χ4n) is 2.76. The molecule has 1 fully saturated rings. The topological polar surface area (TPSA) is 9.23 Å². The molecule has 0 heterocycles. The van der Waals surface area contributed by atoms with Crippen molar-refractivity contribution in [2.24, 2.45) is 0 Å². The van der Waals surface area contributed by atoms with E-state index >= 15 is 0 Å². The predicted octanol–water partition coefficient (Wildman–Crippen LogP) is 4.66. The monoisotopic (exact) mass is 252 g/mol. The largest absolute Gasteiger partial charge is 0.496 e. The lowest BCUT2D eigenvalue weighted by molar-refractivity contribution is 0.402. The minimum Gasteiger partial charge on any atom is -0.496 e. The zero-order valence-corrected chi connectivity index (χ0v) is 11.5. The van der Waals surface area contributed by atoms with Crippen molar-refractivity contribution < 1.29 is 4.74 Å². The summed E-state index contributed by atoms with van der Waals surface area (Å²) >= 11 is 6.55. The zero-order valence-electron chi connectivity index (χ0n) is 10.7. The van der Waals surface area contributed by atoms with Crippen LogP contribution in [0.5, 0.6) is 5.75 Å². The van der Waals surface area contributed by atoms with E-state index in [4.69, 9.17) is 16.3 Å². The van der Waals surface area contributed by atoms with Crippen LogP contribution in [-0.4, -0.2) is 12.5 Å². The second-order valence-corrected chi connectivity index (χ2v) is 5.57. The number of rotatable bonds is 2. The van der Waals surface area contributed by atoms with Gasteiger partial charge in [0.1, 0.15) is 5.75 Å². The molecule has 1 aliphatic carbocycles. The summed E-state index contributed by atoms with van der Waals surface area (Å²) in [7, 11) is 1.74. The van der Waals surface area contributed by atoms with Crippen LogP contribution in [0.15, 0.2) is 18.2 Å². The maximum absolute atomic E-state index is 6.55. The Bertz CT molecular complexity index is 375. The Labute approximate surface area is 109 Å². The highest BCUT2D eigenvalue weighted by Gasteiger charge is 2.25. The molecule has 0 aromatic heterocycles. The molecule has 94 valence electrons. The molecule has 0 amide bonds. The Morgan fingerprint density at radius 2 is 1.94 bits per heavy atom. The first-order chi connectivity index (χ1) is 8.22. The van der Waals surface area contributed by atoms with Gasteiger partial charge in [0.25, 0.3) is 0 Å². The van der Waals surface area contributed by atoms with Crippen LogP contribution >= 0.6 is 11.6 Å². The van der Waals surface area contributed by atoms with E-state index < -0.39 is 0 Å². The van der Waals surface area contributed by atoms with Crippen LogP contribution in [0, 0.1) is 6.92 Å². The third-order valence-corrected chi connectivity index (χ3v) is 4.24. The van der Waals surface area contributed by atoms with Gasteiger partial charge in [-0.15, -0.1) is 11.6 Å². The van der Waals surface area contributed by atoms with E-state index in [0.29, 0.717) is 5.92 Å². The van der Waals surface area contributed by atoms with Gasteiger partial charge in [-0.2, -0.15) is 0 Å². The smallest absolute Gasteiger partial charge is 0.122 e. The summed E-state index contributed by atoms with van der Waals surface area (Å²) in [6.07, 6.45) is 6.18. The molecule has 1 aromatic carbocycles. The molecule has 2 unspecified atom stereocenters. The van der Waals surface area contributed by atoms with Crippen molar-refractivity contribution in [2.45, 2.75) is 50.3 Å². The highest BCUT2D eigenvalue weighted by molar-refractivity contribution is 6.21. The second kappa shape index (κ2) is 5.77. The number of aryl methyl sites for hydroxylation is 1. The van der Waals surface area contributed by atoms with E-state index in [1.54, 1.807) is 7.11 Å². The maximum Gasteiger partial charge on any atom is 0.122 e. The standard InChI is InChI=1S/C15H21ClO/c1-11-8-9-15(17-2)13(10-11)12-6-4-3-5-7-14(12)16/h8-10,12,14H,3-7H2,1-2H3. The molecule has 2 rings (SSSR count). The van der Waals surface area contributed by atoms with Crippen LogP contribution in [0.4, 0.5) is 0 Å². The molecular weight excluding hydrogens is 232 g/mol. The number of benzene rings is 1. The van der Waals surface area contributed by atoms with Gasteiger partial charge in [0.2, 0.25) is 0 Å². The SMILES string of the molecule is COc1ccc(C)cc1C1CCCCCC1Cl. The molecule has 1 nitrogen and oxygen atoms in total.